The summed E-state index contributed by atoms with van der Waals surface area (Å²) < 4.78 is 0. The number of rotatable bonds is 4. The lowest BCUT2D eigenvalue weighted by molar-refractivity contribution is -0.134. The van der Waals surface area contributed by atoms with E-state index in [1.807, 2.05) is 29.2 Å². The fraction of sp³-hybridized carbons (Fsp3) is 0.500. The van der Waals surface area contributed by atoms with E-state index in [2.05, 4.69) is 5.32 Å². The Morgan fingerprint density at radius 2 is 2.04 bits per heavy atom. The Kier molecular flexibility index (Phi) is 4.83. The number of hydrogen-bond donors (Lipinski definition) is 2. The molecular formula is C18H23N3O3. The number of primary amides is 1. The summed E-state index contributed by atoms with van der Waals surface area (Å²) >= 11 is 0. The van der Waals surface area contributed by atoms with Gasteiger partial charge in [-0.15, -0.1) is 0 Å². The maximum Gasteiger partial charge on any atom is 0.225 e. The molecule has 6 nitrogen and oxygen atoms in total. The van der Waals surface area contributed by atoms with Crippen LogP contribution in [0.1, 0.15) is 43.6 Å². The molecule has 0 radical (unpaired) electrons. The second kappa shape index (κ2) is 7.03. The van der Waals surface area contributed by atoms with Gasteiger partial charge in [0, 0.05) is 44.0 Å². The number of carbonyl (C=O) groups excluding carboxylic acids is 3. The number of likely N-dealkylation sites (tertiary alicyclic amines) is 1. The largest absolute Gasteiger partial charge is 0.370 e. The van der Waals surface area contributed by atoms with Gasteiger partial charge in [0.25, 0.3) is 0 Å². The molecule has 0 spiro atoms. The van der Waals surface area contributed by atoms with E-state index in [1.54, 1.807) is 0 Å². The van der Waals surface area contributed by atoms with Gasteiger partial charge in [-0.2, -0.15) is 0 Å². The van der Waals surface area contributed by atoms with Crippen molar-refractivity contribution in [3.63, 3.8) is 0 Å². The summed E-state index contributed by atoms with van der Waals surface area (Å²) in [5, 5.41) is 2.86. The van der Waals surface area contributed by atoms with Gasteiger partial charge in [-0.1, -0.05) is 18.2 Å². The van der Waals surface area contributed by atoms with Gasteiger partial charge in [0.2, 0.25) is 17.7 Å². The molecule has 3 N–H and O–H groups in total. The molecule has 0 saturated carbocycles. The van der Waals surface area contributed by atoms with Gasteiger partial charge in [-0.3, -0.25) is 14.4 Å². The van der Waals surface area contributed by atoms with Crippen molar-refractivity contribution in [1.82, 2.24) is 4.90 Å². The molecular weight excluding hydrogens is 306 g/mol. The Balaban J connectivity index is 1.66. The van der Waals surface area contributed by atoms with Gasteiger partial charge >= 0.3 is 0 Å². The minimum atomic E-state index is -0.313. The number of nitrogens with one attached hydrogen (secondary N) is 1. The molecule has 1 saturated heterocycles. The van der Waals surface area contributed by atoms with Gasteiger partial charge in [0.15, 0.2) is 0 Å². The maximum atomic E-state index is 12.7. The number of para-hydroxylation sites is 1. The molecule has 2 aliphatic heterocycles. The number of nitrogens with two attached hydrogens (primary N) is 1. The van der Waals surface area contributed by atoms with Gasteiger partial charge in [0.05, 0.1) is 0 Å². The Labute approximate surface area is 141 Å². The number of benzene rings is 1. The van der Waals surface area contributed by atoms with Crippen molar-refractivity contribution >= 4 is 23.4 Å². The van der Waals surface area contributed by atoms with Gasteiger partial charge in [-0.05, 0) is 30.4 Å². The van der Waals surface area contributed by atoms with E-state index < -0.39 is 0 Å². The number of piperidine rings is 1. The topological polar surface area (TPSA) is 92.5 Å². The Morgan fingerprint density at radius 3 is 2.83 bits per heavy atom. The molecule has 0 aromatic heterocycles. The predicted molar refractivity (Wildman–Crippen MR) is 90.2 cm³/mol. The second-order valence-electron chi connectivity index (χ2n) is 6.76. The summed E-state index contributed by atoms with van der Waals surface area (Å²) in [7, 11) is 0. The van der Waals surface area contributed by atoms with E-state index in [9.17, 15) is 14.4 Å². The van der Waals surface area contributed by atoms with E-state index in [4.69, 9.17) is 5.73 Å². The summed E-state index contributed by atoms with van der Waals surface area (Å²) in [6.07, 6.45) is 2.82. The number of hydrogen-bond acceptors (Lipinski definition) is 3. The number of carbonyl (C=O) groups is 3. The second-order valence-corrected chi connectivity index (χ2v) is 6.76. The zero-order valence-electron chi connectivity index (χ0n) is 13.7. The van der Waals surface area contributed by atoms with Crippen LogP contribution in [-0.2, 0) is 14.4 Å². The quantitative estimate of drug-likeness (QED) is 0.879. The number of anilines is 1. The first-order valence-corrected chi connectivity index (χ1v) is 8.48. The summed E-state index contributed by atoms with van der Waals surface area (Å²) in [6, 6.07) is 7.65. The van der Waals surface area contributed by atoms with Gasteiger partial charge in [0.1, 0.15) is 0 Å². The van der Waals surface area contributed by atoms with Crippen LogP contribution in [0.2, 0.25) is 0 Å². The minimum absolute atomic E-state index is 0.0447. The monoisotopic (exact) mass is 329 g/mol. The Morgan fingerprint density at radius 1 is 1.25 bits per heavy atom. The maximum absolute atomic E-state index is 12.7. The minimum Gasteiger partial charge on any atom is -0.370 e. The lowest BCUT2D eigenvalue weighted by atomic mass is 9.87. The first-order valence-electron chi connectivity index (χ1n) is 8.48. The third-order valence-electron chi connectivity index (χ3n) is 4.89. The molecule has 1 aromatic carbocycles. The van der Waals surface area contributed by atoms with Crippen LogP contribution in [0, 0.1) is 5.92 Å². The fourth-order valence-corrected chi connectivity index (χ4v) is 3.77. The molecule has 3 amide bonds. The normalized spacial score (nSPS) is 23.3. The molecule has 0 aliphatic carbocycles. The molecule has 6 heteroatoms. The van der Waals surface area contributed by atoms with Crippen molar-refractivity contribution in [2.24, 2.45) is 11.7 Å². The molecule has 128 valence electrons. The van der Waals surface area contributed by atoms with Crippen LogP contribution >= 0.6 is 0 Å². The van der Waals surface area contributed by atoms with Crippen LogP contribution in [0.25, 0.3) is 0 Å². The van der Waals surface area contributed by atoms with Crippen molar-refractivity contribution < 1.29 is 14.4 Å². The van der Waals surface area contributed by atoms with Crippen LogP contribution in [0.4, 0.5) is 5.69 Å². The molecule has 1 fully saturated rings. The highest BCUT2D eigenvalue weighted by Crippen LogP contribution is 2.35. The molecule has 2 unspecified atom stereocenters. The lowest BCUT2D eigenvalue weighted by Crippen LogP contribution is -2.41. The van der Waals surface area contributed by atoms with Crippen LogP contribution in [0.3, 0.4) is 0 Å². The highest BCUT2D eigenvalue weighted by atomic mass is 16.2. The highest BCUT2D eigenvalue weighted by Gasteiger charge is 2.30. The molecule has 1 aromatic rings. The highest BCUT2D eigenvalue weighted by molar-refractivity contribution is 5.95. The van der Waals surface area contributed by atoms with Crippen molar-refractivity contribution in [3.05, 3.63) is 29.8 Å². The number of nitrogens with zero attached hydrogens (tertiary/aromatic N) is 1. The van der Waals surface area contributed by atoms with Crippen LogP contribution in [-0.4, -0.2) is 35.7 Å². The molecule has 2 atom stereocenters. The Hall–Kier alpha value is -2.37. The lowest BCUT2D eigenvalue weighted by Gasteiger charge is -2.34. The third kappa shape index (κ3) is 3.75. The summed E-state index contributed by atoms with van der Waals surface area (Å²) in [5.41, 5.74) is 7.10. The number of amides is 3. The summed E-state index contributed by atoms with van der Waals surface area (Å²) in [5.74, 6) is -0.233. The Bertz CT molecular complexity index is 659. The predicted octanol–water partition coefficient (Wildman–Crippen LogP) is 1.62. The summed E-state index contributed by atoms with van der Waals surface area (Å²) in [4.78, 5) is 37.5. The molecule has 3 rings (SSSR count). The van der Waals surface area contributed by atoms with Crippen LogP contribution in [0.15, 0.2) is 24.3 Å². The van der Waals surface area contributed by atoms with E-state index in [0.717, 1.165) is 24.1 Å². The molecule has 2 aliphatic rings. The molecule has 24 heavy (non-hydrogen) atoms. The molecule has 0 bridgehead atoms. The van der Waals surface area contributed by atoms with Gasteiger partial charge in [-0.25, -0.2) is 0 Å². The first-order chi connectivity index (χ1) is 11.5. The standard InChI is InChI=1S/C18H23N3O3/c19-16(22)8-12-4-3-7-21(11-12)18(24)10-13-9-17(23)20-15-6-2-1-5-14(13)15/h1-2,5-6,12-13H,3-4,7-11H2,(H2,19,22)(H,20,23). The smallest absolute Gasteiger partial charge is 0.225 e. The van der Waals surface area contributed by atoms with Crippen molar-refractivity contribution in [2.75, 3.05) is 18.4 Å². The average molecular weight is 329 g/mol. The fourth-order valence-electron chi connectivity index (χ4n) is 3.77. The van der Waals surface area contributed by atoms with Crippen LogP contribution in [0.5, 0.6) is 0 Å². The van der Waals surface area contributed by atoms with Crippen LogP contribution < -0.4 is 11.1 Å². The third-order valence-corrected chi connectivity index (χ3v) is 4.89. The van der Waals surface area contributed by atoms with E-state index >= 15 is 0 Å². The van der Waals surface area contributed by atoms with E-state index in [1.165, 1.54) is 0 Å². The van der Waals surface area contributed by atoms with Crippen molar-refractivity contribution in [3.8, 4) is 0 Å². The SMILES string of the molecule is NC(=O)CC1CCCN(C(=O)CC2CC(=O)Nc3ccccc32)C1. The van der Waals surface area contributed by atoms with Gasteiger partial charge < -0.3 is 16.0 Å². The average Bonchev–Trinajstić information content (AvgIpc) is 2.54. The zero-order valence-corrected chi connectivity index (χ0v) is 13.7. The van der Waals surface area contributed by atoms with E-state index in [-0.39, 0.29) is 29.6 Å². The van der Waals surface area contributed by atoms with Crippen molar-refractivity contribution in [1.29, 1.82) is 0 Å². The first kappa shape index (κ1) is 16.5. The number of fused-ring (bicyclic) bond motifs is 1. The van der Waals surface area contributed by atoms with E-state index in [0.29, 0.717) is 32.4 Å². The zero-order chi connectivity index (χ0) is 17.1. The van der Waals surface area contributed by atoms with Crippen molar-refractivity contribution in [2.45, 2.75) is 38.0 Å². The summed E-state index contributed by atoms with van der Waals surface area (Å²) in [6.45, 7) is 1.30. The molecule has 2 heterocycles.